The lowest BCUT2D eigenvalue weighted by atomic mass is 9.78. The van der Waals surface area contributed by atoms with Gasteiger partial charge in [0.15, 0.2) is 17.4 Å². The van der Waals surface area contributed by atoms with Gasteiger partial charge in [-0.1, -0.05) is 24.3 Å². The van der Waals surface area contributed by atoms with Crippen LogP contribution in [0.3, 0.4) is 0 Å². The number of ether oxygens (including phenoxy) is 3. The zero-order valence-corrected chi connectivity index (χ0v) is 29.6. The number of nitrogens with two attached hydrogens (primary N) is 1. The normalized spacial score (nSPS) is 27.8. The lowest BCUT2D eigenvalue weighted by Gasteiger charge is -2.31. The molecule has 0 aliphatic carbocycles. The second-order valence-corrected chi connectivity index (χ2v) is 13.7. The van der Waals surface area contributed by atoms with E-state index in [0.29, 0.717) is 25.8 Å². The summed E-state index contributed by atoms with van der Waals surface area (Å²) in [6, 6.07) is 7.33. The van der Waals surface area contributed by atoms with E-state index in [1.165, 1.54) is 22.9 Å². The number of imidazole rings is 1. The Morgan fingerprint density at radius 3 is 2.39 bits per heavy atom. The molecule has 3 fully saturated rings. The van der Waals surface area contributed by atoms with E-state index in [0.717, 1.165) is 11.1 Å². The summed E-state index contributed by atoms with van der Waals surface area (Å²) in [5, 5.41) is 21.6. The number of phosphoric ester groups is 1. The van der Waals surface area contributed by atoms with Crippen LogP contribution in [0.5, 0.6) is 0 Å². The molecule has 5 heterocycles. The van der Waals surface area contributed by atoms with Gasteiger partial charge in [-0.25, -0.2) is 4.98 Å². The molecule has 2 bridgehead atoms. The highest BCUT2D eigenvalue weighted by Gasteiger charge is 2.53. The van der Waals surface area contributed by atoms with E-state index in [1.807, 2.05) is 24.3 Å². The molecular weight excluding hydrogens is 695 g/mol. The number of nitrogens with one attached hydrogen (secondary N) is 1. The second kappa shape index (κ2) is 16.2. The number of quaternary nitrogens is 2. The molecule has 3 aromatic rings. The highest BCUT2D eigenvalue weighted by Crippen LogP contribution is 2.46. The summed E-state index contributed by atoms with van der Waals surface area (Å²) in [7, 11) is -1.99. The van der Waals surface area contributed by atoms with Gasteiger partial charge in [-0.3, -0.25) is 23.7 Å². The van der Waals surface area contributed by atoms with Crippen LogP contribution < -0.4 is 33.6 Å². The van der Waals surface area contributed by atoms with Gasteiger partial charge in [0.25, 0.3) is 13.4 Å². The first-order valence-corrected chi connectivity index (χ1v) is 17.2. The maximum absolute atomic E-state index is 13.1. The number of nitrogens with zero attached hydrogens (tertiary/aromatic N) is 4. The van der Waals surface area contributed by atoms with Gasteiger partial charge in [0.2, 0.25) is 11.9 Å². The van der Waals surface area contributed by atoms with E-state index < -0.39 is 74.5 Å². The van der Waals surface area contributed by atoms with Crippen LogP contribution in [0.15, 0.2) is 35.4 Å². The summed E-state index contributed by atoms with van der Waals surface area (Å²) in [5.41, 5.74) is 6.84. The molecule has 21 heteroatoms. The molecule has 1 amide bonds. The number of aliphatic hydroxyl groups excluding tert-OH is 1. The molecule has 0 radical (unpaired) electrons. The van der Waals surface area contributed by atoms with Crippen molar-refractivity contribution in [3.8, 4) is 0 Å². The molecule has 3 aliphatic heterocycles. The number of anilines is 1. The van der Waals surface area contributed by atoms with E-state index in [9.17, 15) is 34.1 Å². The van der Waals surface area contributed by atoms with E-state index in [4.69, 9.17) is 29.0 Å². The lowest BCUT2D eigenvalue weighted by Crippen LogP contribution is -2.48. The molecule has 3 aliphatic rings. The first kappa shape index (κ1) is 40.0. The highest BCUT2D eigenvalue weighted by atomic mass is 31.2. The van der Waals surface area contributed by atoms with Gasteiger partial charge in [0, 0.05) is 32.6 Å². The van der Waals surface area contributed by atoms with Gasteiger partial charge in [0.1, 0.15) is 18.3 Å². The summed E-state index contributed by atoms with van der Waals surface area (Å²) in [4.78, 5) is 61.8. The Morgan fingerprint density at radius 2 is 1.76 bits per heavy atom. The van der Waals surface area contributed by atoms with Gasteiger partial charge >= 0.3 is 0 Å². The van der Waals surface area contributed by atoms with E-state index in [2.05, 4.69) is 15.0 Å². The number of phosphoric acid groups is 1. The zero-order chi connectivity index (χ0) is 35.0. The molecule has 6 rings (SSSR count). The molecular formula is C30H45N8O12P. The van der Waals surface area contributed by atoms with Crippen molar-refractivity contribution in [3.05, 3.63) is 52.1 Å². The van der Waals surface area contributed by atoms with Gasteiger partial charge in [-0.2, -0.15) is 4.98 Å². The number of fused-ring (bicyclic) bond motifs is 3. The minimum Gasteiger partial charge on any atom is -0.756 e. The molecule has 12 N–H and O–H groups in total. The van der Waals surface area contributed by atoms with E-state index in [1.54, 1.807) is 7.05 Å². The summed E-state index contributed by atoms with van der Waals surface area (Å²) >= 11 is 0. The molecule has 3 saturated heterocycles. The Kier molecular flexibility index (Phi) is 12.7. The number of aromatic nitrogens is 4. The van der Waals surface area contributed by atoms with Crippen LogP contribution in [0.4, 0.5) is 5.95 Å². The molecule has 2 aromatic heterocycles. The average Bonchev–Trinajstić information content (AvgIpc) is 3.86. The van der Waals surface area contributed by atoms with Crippen molar-refractivity contribution in [2.45, 2.75) is 62.4 Å². The first-order chi connectivity index (χ1) is 23.4. The Morgan fingerprint density at radius 1 is 1.12 bits per heavy atom. The number of carbonyl (C=O) groups excluding carboxylic acids is 2. The second-order valence-electron chi connectivity index (χ2n) is 12.3. The summed E-state index contributed by atoms with van der Waals surface area (Å²) in [6.45, 7) is -0.482. The average molecular weight is 741 g/mol. The van der Waals surface area contributed by atoms with Crippen molar-refractivity contribution in [2.75, 3.05) is 39.6 Å². The number of benzene rings is 1. The van der Waals surface area contributed by atoms with Gasteiger partial charge in [0.05, 0.1) is 37.7 Å². The molecule has 20 nitrogen and oxygen atoms in total. The van der Waals surface area contributed by atoms with Gasteiger partial charge in [-0.15, -0.1) is 0 Å². The van der Waals surface area contributed by atoms with E-state index in [-0.39, 0.29) is 48.3 Å². The molecule has 51 heavy (non-hydrogen) atoms. The smallest absolute Gasteiger partial charge is 0.280 e. The number of H-pyrrole nitrogens is 1. The maximum Gasteiger partial charge on any atom is 0.280 e. The first-order valence-electron chi connectivity index (χ1n) is 15.7. The fourth-order valence-corrected chi connectivity index (χ4v) is 7.80. The molecule has 282 valence electrons. The monoisotopic (exact) mass is 740 g/mol. The molecule has 1 aromatic carbocycles. The molecule has 1 unspecified atom stereocenters. The van der Waals surface area contributed by atoms with Crippen molar-refractivity contribution in [1.29, 1.82) is 0 Å². The number of carboxylic acids is 1. The number of aromatic amines is 1. The number of aliphatic carboxylic acids is 1. The standard InChI is InChI=1S/C30H39N6O12P.2H3N/c1-35(27(39)20-17-7-8-18(46-17)21(20)29(40)41)11-9-15-3-5-16(6-4-15)10-12-45-49(42,43)48-23-19(13-37)47-28(24(23)44-2)36-14-32-22-25(36)33-30(31)34-26(22)38;;/h3-6,14,17-21,23-24,28,37H,7-13H2,1-2H3,(H,40,41)(H,42,43)(H3,31,33,34,38);2*1H3/t17-,18+,19-,20-,21+,23-,24-,28-;;/m1../s1. The number of aliphatic hydroxyl groups is 1. The van der Waals surface area contributed by atoms with Gasteiger partial charge in [-0.05, 0) is 36.8 Å². The Balaban J connectivity index is 0.00000292. The van der Waals surface area contributed by atoms with E-state index >= 15 is 0 Å². The number of amides is 1. The zero-order valence-electron chi connectivity index (χ0n) is 28.7. The maximum atomic E-state index is 13.1. The van der Waals surface area contributed by atoms with Crippen LogP contribution in [0.2, 0.25) is 0 Å². The topological polar surface area (TPSA) is 330 Å². The van der Waals surface area contributed by atoms with Crippen molar-refractivity contribution < 1.29 is 52.5 Å². The lowest BCUT2D eigenvalue weighted by molar-refractivity contribution is -0.314. The van der Waals surface area contributed by atoms with Crippen molar-refractivity contribution in [3.63, 3.8) is 0 Å². The van der Waals surface area contributed by atoms with Crippen LogP contribution >= 0.6 is 7.82 Å². The number of hydrogen-bond acceptors (Lipinski definition) is 15. The largest absolute Gasteiger partial charge is 0.756 e. The number of likely N-dealkylation sites (N-methyl/N-ethyl adjacent to an activating group) is 1. The third-order valence-corrected chi connectivity index (χ3v) is 10.3. The Labute approximate surface area is 292 Å². The van der Waals surface area contributed by atoms with Gasteiger partial charge < -0.3 is 66.1 Å². The number of carbonyl (C=O) groups is 2. The predicted molar refractivity (Wildman–Crippen MR) is 176 cm³/mol. The van der Waals surface area contributed by atoms with Crippen molar-refractivity contribution in [2.24, 2.45) is 11.8 Å². The SMILES string of the molecule is CO[C@@H]1[C@H](OP(=O)([O-])OCCc2ccc(CCN(C)C(=O)[C@H]3[C@@H](C(=O)[O-])[C@@H]4CC[C@H]3O4)cc2)[C@@H](CO)O[C@H]1n1cnc2c(=O)[nH]c(N)nc21.[NH4+].[NH4+]. The van der Waals surface area contributed by atoms with Crippen LogP contribution in [0.25, 0.3) is 11.2 Å². The van der Waals surface area contributed by atoms with Crippen LogP contribution in [0.1, 0.15) is 30.2 Å². The Bertz CT molecular complexity index is 1790. The molecule has 0 saturated carbocycles. The Hall–Kier alpha value is -3.82. The summed E-state index contributed by atoms with van der Waals surface area (Å²) in [5.74, 6) is -3.36. The third-order valence-electron chi connectivity index (χ3n) is 9.32. The highest BCUT2D eigenvalue weighted by molar-refractivity contribution is 7.45. The predicted octanol–water partition coefficient (Wildman–Crippen LogP) is -0.984. The fraction of sp³-hybridized carbons (Fsp3) is 0.567. The van der Waals surface area contributed by atoms with Crippen LogP contribution in [0, 0.1) is 11.8 Å². The number of nitrogen functional groups attached to an aromatic ring is 1. The number of rotatable bonds is 14. The summed E-state index contributed by atoms with van der Waals surface area (Å²) < 4.78 is 41.7. The third kappa shape index (κ3) is 8.15. The molecule has 9 atom stereocenters. The minimum absolute atomic E-state index is 0. The number of methoxy groups -OCH3 is 1. The van der Waals surface area contributed by atoms with Crippen molar-refractivity contribution in [1.82, 2.24) is 36.7 Å². The fourth-order valence-electron chi connectivity index (χ4n) is 6.87. The van der Waals surface area contributed by atoms with Crippen LogP contribution in [-0.4, -0.2) is 106 Å². The molecule has 0 spiro atoms. The number of hydrogen-bond donors (Lipinski definition) is 5. The minimum atomic E-state index is -4.94. The van der Waals surface area contributed by atoms with Crippen molar-refractivity contribution >= 4 is 36.8 Å². The van der Waals surface area contributed by atoms with Crippen LogP contribution in [-0.2, 0) is 50.3 Å². The number of carboxylic acid groups (broad SMARTS) is 1. The quantitative estimate of drug-likeness (QED) is 0.124. The summed E-state index contributed by atoms with van der Waals surface area (Å²) in [6.07, 6.45) is -2.19.